The van der Waals surface area contributed by atoms with Gasteiger partial charge < -0.3 is 4.98 Å². The first-order valence-corrected chi connectivity index (χ1v) is 8.58. The normalized spacial score (nSPS) is 10.0. The summed E-state index contributed by atoms with van der Waals surface area (Å²) in [4.78, 5) is 19.2. The predicted octanol–water partition coefficient (Wildman–Crippen LogP) is 3.57. The van der Waals surface area contributed by atoms with Crippen LogP contribution in [-0.4, -0.2) is 16.2 Å². The minimum absolute atomic E-state index is 0.0262. The van der Waals surface area contributed by atoms with Crippen LogP contribution in [0.4, 0.5) is 0 Å². The molecular weight excluding hydrogens is 332 g/mol. The van der Waals surface area contributed by atoms with Crippen LogP contribution < -0.4 is 5.56 Å². The van der Waals surface area contributed by atoms with E-state index >= 15 is 0 Å². The van der Waals surface area contributed by atoms with Crippen LogP contribution in [0.3, 0.4) is 0 Å². The lowest BCUT2D eigenvalue weighted by atomic mass is 9.95. The summed E-state index contributed by atoms with van der Waals surface area (Å²) >= 11 is 1.30. The highest BCUT2D eigenvalue weighted by Gasteiger charge is 2.16. The molecule has 3 rings (SSSR count). The molecule has 0 bridgehead atoms. The van der Waals surface area contributed by atoms with Gasteiger partial charge >= 0.3 is 0 Å². The molecule has 0 aliphatic rings. The molecule has 3 aromatic rings. The second kappa shape index (κ2) is 7.04. The summed E-state index contributed by atoms with van der Waals surface area (Å²) in [6.07, 6.45) is 1.80. The van der Waals surface area contributed by atoms with Crippen molar-refractivity contribution < 1.29 is 0 Å². The second-order valence-corrected chi connectivity index (χ2v) is 5.94. The fraction of sp³-hybridized carbons (Fsp3) is 0.0526. The Morgan fingerprint density at radius 3 is 2.48 bits per heavy atom. The predicted molar refractivity (Wildman–Crippen MR) is 96.9 cm³/mol. The van der Waals surface area contributed by atoms with E-state index in [0.717, 1.165) is 11.1 Å². The van der Waals surface area contributed by atoms with Gasteiger partial charge in [-0.05, 0) is 29.5 Å². The summed E-state index contributed by atoms with van der Waals surface area (Å²) < 4.78 is 0. The first-order chi connectivity index (χ1) is 12.2. The molecule has 25 heavy (non-hydrogen) atoms. The molecule has 0 aliphatic heterocycles. The molecule has 0 aliphatic carbocycles. The van der Waals surface area contributed by atoms with Crippen LogP contribution >= 0.6 is 11.8 Å². The summed E-state index contributed by atoms with van der Waals surface area (Å²) in [7, 11) is 0. The van der Waals surface area contributed by atoms with Crippen LogP contribution in [0, 0.1) is 22.7 Å². The van der Waals surface area contributed by atoms with E-state index in [4.69, 9.17) is 5.26 Å². The number of nitrogens with one attached hydrogen (secondary N) is 1. The minimum atomic E-state index is -0.461. The van der Waals surface area contributed by atoms with E-state index in [9.17, 15) is 10.1 Å². The Kier molecular flexibility index (Phi) is 4.65. The molecule has 2 aromatic carbocycles. The second-order valence-electron chi connectivity index (χ2n) is 5.15. The van der Waals surface area contributed by atoms with Crippen LogP contribution in [0.1, 0.15) is 11.1 Å². The van der Waals surface area contributed by atoms with Gasteiger partial charge in [0.1, 0.15) is 11.6 Å². The molecule has 6 heteroatoms. The molecule has 0 saturated carbocycles. The summed E-state index contributed by atoms with van der Waals surface area (Å²) in [5.41, 5.74) is 2.70. The molecule has 5 nitrogen and oxygen atoms in total. The fourth-order valence-electron chi connectivity index (χ4n) is 2.55. The average Bonchev–Trinajstić information content (AvgIpc) is 2.67. The van der Waals surface area contributed by atoms with E-state index < -0.39 is 5.56 Å². The van der Waals surface area contributed by atoms with E-state index in [1.54, 1.807) is 24.5 Å². The van der Waals surface area contributed by atoms with Crippen molar-refractivity contribution in [3.8, 4) is 34.5 Å². The number of aromatic nitrogens is 2. The third-order valence-electron chi connectivity index (χ3n) is 3.69. The Balaban J connectivity index is 2.31. The van der Waals surface area contributed by atoms with Crippen molar-refractivity contribution in [3.05, 3.63) is 70.0 Å². The standard InChI is InChI=1S/C19H12N4OS/c1-25-19-22-17(16(11-21)18(24)23-19)15-8-3-2-7-14(15)13-6-4-5-12(9-13)10-20/h2-9H,1H3,(H,22,23,24). The Morgan fingerprint density at radius 2 is 1.80 bits per heavy atom. The van der Waals surface area contributed by atoms with Crippen molar-refractivity contribution in [2.75, 3.05) is 6.26 Å². The Morgan fingerprint density at radius 1 is 1.04 bits per heavy atom. The number of nitriles is 2. The number of H-pyrrole nitrogens is 1. The van der Waals surface area contributed by atoms with Gasteiger partial charge in [0.05, 0.1) is 17.3 Å². The number of benzene rings is 2. The van der Waals surface area contributed by atoms with Crippen LogP contribution in [-0.2, 0) is 0 Å². The zero-order valence-electron chi connectivity index (χ0n) is 13.3. The molecule has 0 amide bonds. The summed E-state index contributed by atoms with van der Waals surface area (Å²) in [6.45, 7) is 0. The molecule has 120 valence electrons. The molecule has 0 atom stereocenters. The maximum Gasteiger partial charge on any atom is 0.270 e. The van der Waals surface area contributed by atoms with Crippen molar-refractivity contribution in [1.29, 1.82) is 10.5 Å². The van der Waals surface area contributed by atoms with Crippen molar-refractivity contribution in [1.82, 2.24) is 9.97 Å². The lowest BCUT2D eigenvalue weighted by molar-refractivity contribution is 0.938. The summed E-state index contributed by atoms with van der Waals surface area (Å²) in [6, 6.07) is 18.6. The van der Waals surface area contributed by atoms with Gasteiger partial charge in [0, 0.05) is 5.56 Å². The topological polar surface area (TPSA) is 93.3 Å². The summed E-state index contributed by atoms with van der Waals surface area (Å²) in [5, 5.41) is 19.0. The van der Waals surface area contributed by atoms with Gasteiger partial charge in [-0.3, -0.25) is 4.79 Å². The monoisotopic (exact) mass is 344 g/mol. The molecule has 1 N–H and O–H groups in total. The van der Waals surface area contributed by atoms with E-state index in [1.165, 1.54) is 11.8 Å². The van der Waals surface area contributed by atoms with Gasteiger partial charge in [-0.1, -0.05) is 48.2 Å². The molecule has 1 heterocycles. The third kappa shape index (κ3) is 3.16. The maximum absolute atomic E-state index is 12.2. The van der Waals surface area contributed by atoms with Crippen molar-refractivity contribution in [2.24, 2.45) is 0 Å². The molecule has 0 unspecified atom stereocenters. The average molecular weight is 344 g/mol. The van der Waals surface area contributed by atoms with Crippen molar-refractivity contribution in [2.45, 2.75) is 5.16 Å². The Hall–Kier alpha value is -3.35. The van der Waals surface area contributed by atoms with Gasteiger partial charge in [0.25, 0.3) is 5.56 Å². The van der Waals surface area contributed by atoms with Crippen LogP contribution in [0.2, 0.25) is 0 Å². The molecule has 0 fully saturated rings. The SMILES string of the molecule is CSc1nc(-c2ccccc2-c2cccc(C#N)c2)c(C#N)c(=O)[nH]1. The van der Waals surface area contributed by atoms with E-state index in [0.29, 0.717) is 22.0 Å². The smallest absolute Gasteiger partial charge is 0.270 e. The van der Waals surface area contributed by atoms with Gasteiger partial charge in [0.2, 0.25) is 0 Å². The van der Waals surface area contributed by atoms with Crippen molar-refractivity contribution >= 4 is 11.8 Å². The molecule has 0 saturated heterocycles. The Bertz CT molecular complexity index is 1090. The number of thioether (sulfide) groups is 1. The Labute approximate surface area is 148 Å². The highest BCUT2D eigenvalue weighted by Crippen LogP contribution is 2.32. The lowest BCUT2D eigenvalue weighted by Gasteiger charge is -2.11. The third-order valence-corrected chi connectivity index (χ3v) is 4.27. The van der Waals surface area contributed by atoms with Gasteiger partial charge in [-0.2, -0.15) is 10.5 Å². The molecular formula is C19H12N4OS. The fourth-order valence-corrected chi connectivity index (χ4v) is 2.92. The largest absolute Gasteiger partial charge is 0.300 e. The quantitative estimate of drug-likeness (QED) is 0.579. The first kappa shape index (κ1) is 16.5. The molecule has 1 aromatic heterocycles. The molecule has 0 radical (unpaired) electrons. The highest BCUT2D eigenvalue weighted by molar-refractivity contribution is 7.98. The first-order valence-electron chi connectivity index (χ1n) is 7.36. The lowest BCUT2D eigenvalue weighted by Crippen LogP contribution is -2.14. The number of aromatic amines is 1. The number of hydrogen-bond donors (Lipinski definition) is 1. The summed E-state index contributed by atoms with van der Waals surface area (Å²) in [5.74, 6) is 0. The van der Waals surface area contributed by atoms with E-state index in [1.807, 2.05) is 36.4 Å². The minimum Gasteiger partial charge on any atom is -0.300 e. The number of nitrogens with zero attached hydrogens (tertiary/aromatic N) is 3. The number of hydrogen-bond acceptors (Lipinski definition) is 5. The van der Waals surface area contributed by atoms with Gasteiger partial charge in [0.15, 0.2) is 5.16 Å². The van der Waals surface area contributed by atoms with E-state index in [2.05, 4.69) is 16.0 Å². The van der Waals surface area contributed by atoms with Crippen LogP contribution in [0.25, 0.3) is 22.4 Å². The zero-order chi connectivity index (χ0) is 17.8. The van der Waals surface area contributed by atoms with Gasteiger partial charge in [-0.15, -0.1) is 0 Å². The van der Waals surface area contributed by atoms with Crippen molar-refractivity contribution in [3.63, 3.8) is 0 Å². The van der Waals surface area contributed by atoms with E-state index in [-0.39, 0.29) is 5.56 Å². The highest BCUT2D eigenvalue weighted by atomic mass is 32.2. The van der Waals surface area contributed by atoms with Crippen LogP contribution in [0.5, 0.6) is 0 Å². The number of rotatable bonds is 3. The van der Waals surface area contributed by atoms with Crippen LogP contribution in [0.15, 0.2) is 58.5 Å². The molecule has 0 spiro atoms. The maximum atomic E-state index is 12.2. The van der Waals surface area contributed by atoms with Gasteiger partial charge in [-0.25, -0.2) is 4.98 Å². The zero-order valence-corrected chi connectivity index (χ0v) is 14.1.